The molecule has 4 nitrogen and oxygen atoms in total. The molecule has 2 aromatic rings. The van der Waals surface area contributed by atoms with Crippen LogP contribution in [0.5, 0.6) is 0 Å². The van der Waals surface area contributed by atoms with Gasteiger partial charge >= 0.3 is 0 Å². The number of nitrogens with one attached hydrogen (secondary N) is 1. The molecule has 1 aromatic heterocycles. The number of halogens is 1. The summed E-state index contributed by atoms with van der Waals surface area (Å²) in [6.07, 6.45) is 0. The fourth-order valence-electron chi connectivity index (χ4n) is 1.84. The molecule has 18 heavy (non-hydrogen) atoms. The molecule has 0 saturated heterocycles. The number of nitrogens with zero attached hydrogens (tertiary/aromatic N) is 3. The Morgan fingerprint density at radius 3 is 2.83 bits per heavy atom. The van der Waals surface area contributed by atoms with Crippen molar-refractivity contribution in [2.75, 3.05) is 11.9 Å². The summed E-state index contributed by atoms with van der Waals surface area (Å²) in [6, 6.07) is 7.80. The van der Waals surface area contributed by atoms with Crippen LogP contribution in [-0.2, 0) is 13.1 Å². The van der Waals surface area contributed by atoms with Crippen molar-refractivity contribution in [2.45, 2.75) is 20.0 Å². The van der Waals surface area contributed by atoms with Gasteiger partial charge in [0.25, 0.3) is 0 Å². The number of rotatable bonds is 4. The third kappa shape index (κ3) is 2.57. The molecule has 0 aliphatic rings. The van der Waals surface area contributed by atoms with Crippen molar-refractivity contribution >= 4 is 29.8 Å². The average molecular weight is 283 g/mol. The van der Waals surface area contributed by atoms with E-state index < -0.39 is 0 Å². The minimum Gasteiger partial charge on any atom is -0.340 e. The topological polar surface area (TPSA) is 36.9 Å². The van der Waals surface area contributed by atoms with Crippen LogP contribution < -0.4 is 4.90 Å². The van der Waals surface area contributed by atoms with Crippen LogP contribution in [0.1, 0.15) is 12.5 Å². The van der Waals surface area contributed by atoms with Crippen LogP contribution in [0.25, 0.3) is 0 Å². The third-order valence-electron chi connectivity index (χ3n) is 2.76. The van der Waals surface area contributed by atoms with E-state index in [0.717, 1.165) is 23.1 Å². The van der Waals surface area contributed by atoms with Crippen LogP contribution in [-0.4, -0.2) is 21.8 Å². The highest BCUT2D eigenvalue weighted by Crippen LogP contribution is 2.19. The van der Waals surface area contributed by atoms with Crippen LogP contribution in [0.15, 0.2) is 24.3 Å². The van der Waals surface area contributed by atoms with E-state index in [1.54, 1.807) is 0 Å². The van der Waals surface area contributed by atoms with Crippen molar-refractivity contribution in [2.24, 2.45) is 0 Å². The predicted molar refractivity (Wildman–Crippen MR) is 76.6 cm³/mol. The molecule has 2 rings (SSSR count). The Morgan fingerprint density at radius 1 is 1.44 bits per heavy atom. The van der Waals surface area contributed by atoms with Crippen LogP contribution in [0.4, 0.5) is 5.95 Å². The van der Waals surface area contributed by atoms with Crippen molar-refractivity contribution in [3.05, 3.63) is 39.6 Å². The lowest BCUT2D eigenvalue weighted by molar-refractivity contribution is 0.717. The fourth-order valence-corrected chi connectivity index (χ4v) is 2.29. The highest BCUT2D eigenvalue weighted by molar-refractivity contribution is 7.71. The van der Waals surface area contributed by atoms with E-state index >= 15 is 0 Å². The molecule has 6 heteroatoms. The third-order valence-corrected chi connectivity index (χ3v) is 3.44. The molecule has 1 heterocycles. The summed E-state index contributed by atoms with van der Waals surface area (Å²) in [6.45, 7) is 3.52. The lowest BCUT2D eigenvalue weighted by Crippen LogP contribution is -2.21. The summed E-state index contributed by atoms with van der Waals surface area (Å²) in [7, 11) is 1.97. The Morgan fingerprint density at radius 2 is 2.17 bits per heavy atom. The van der Waals surface area contributed by atoms with Crippen LogP contribution in [0.3, 0.4) is 0 Å². The molecule has 1 aromatic carbocycles. The molecule has 0 amide bonds. The zero-order chi connectivity index (χ0) is 13.1. The summed E-state index contributed by atoms with van der Waals surface area (Å²) < 4.78 is 2.59. The lowest BCUT2D eigenvalue weighted by atomic mass is 10.2. The van der Waals surface area contributed by atoms with E-state index in [0.29, 0.717) is 11.3 Å². The largest absolute Gasteiger partial charge is 0.340 e. The summed E-state index contributed by atoms with van der Waals surface area (Å²) in [5.74, 6) is 0.822. The monoisotopic (exact) mass is 282 g/mol. The Balaban J connectivity index is 2.25. The van der Waals surface area contributed by atoms with Gasteiger partial charge in [0.15, 0.2) is 4.77 Å². The number of H-pyrrole nitrogens is 1. The van der Waals surface area contributed by atoms with Crippen molar-refractivity contribution in [3.8, 4) is 0 Å². The van der Waals surface area contributed by atoms with E-state index in [2.05, 4.69) is 10.2 Å². The second-order valence-corrected chi connectivity index (χ2v) is 4.81. The lowest BCUT2D eigenvalue weighted by Gasteiger charge is -2.19. The Kier molecular flexibility index (Phi) is 4.04. The molecule has 0 aliphatic heterocycles. The SMILES string of the molecule is CCn1c(N(C)Cc2ccccc2Cl)n[nH]c1=S. The van der Waals surface area contributed by atoms with E-state index in [4.69, 9.17) is 23.8 Å². The Bertz CT molecular complexity index is 590. The second kappa shape index (κ2) is 5.54. The first-order valence-electron chi connectivity index (χ1n) is 5.73. The molecule has 0 aliphatic carbocycles. The van der Waals surface area contributed by atoms with Crippen molar-refractivity contribution in [1.29, 1.82) is 0 Å². The number of aromatic amines is 1. The van der Waals surface area contributed by atoms with Crippen LogP contribution >= 0.6 is 23.8 Å². The Hall–Kier alpha value is -1.33. The summed E-state index contributed by atoms with van der Waals surface area (Å²) in [4.78, 5) is 2.02. The molecule has 96 valence electrons. The van der Waals surface area contributed by atoms with Gasteiger partial charge in [-0.2, -0.15) is 0 Å². The van der Waals surface area contributed by atoms with Gasteiger partial charge in [0.05, 0.1) is 0 Å². The van der Waals surface area contributed by atoms with Crippen molar-refractivity contribution < 1.29 is 0 Å². The van der Waals surface area contributed by atoms with Crippen molar-refractivity contribution in [3.63, 3.8) is 0 Å². The minimum atomic E-state index is 0.638. The zero-order valence-corrected chi connectivity index (χ0v) is 11.9. The number of hydrogen-bond acceptors (Lipinski definition) is 3. The van der Waals surface area contributed by atoms with Gasteiger partial charge in [-0.3, -0.25) is 4.57 Å². The van der Waals surface area contributed by atoms with Gasteiger partial charge in [-0.05, 0) is 30.8 Å². The molecular weight excluding hydrogens is 268 g/mol. The van der Waals surface area contributed by atoms with Gasteiger partial charge in [-0.1, -0.05) is 29.8 Å². The van der Waals surface area contributed by atoms with Gasteiger partial charge in [0, 0.05) is 25.2 Å². The maximum atomic E-state index is 6.15. The van der Waals surface area contributed by atoms with Gasteiger partial charge in [-0.15, -0.1) is 5.10 Å². The predicted octanol–water partition coefficient (Wildman–Crippen LogP) is 3.25. The first kappa shape index (κ1) is 13.1. The fraction of sp³-hybridized carbons (Fsp3) is 0.333. The van der Waals surface area contributed by atoms with Gasteiger partial charge in [-0.25, -0.2) is 5.10 Å². The van der Waals surface area contributed by atoms with Crippen LogP contribution in [0.2, 0.25) is 5.02 Å². The molecule has 0 spiro atoms. The summed E-state index contributed by atoms with van der Waals surface area (Å²) >= 11 is 11.3. The first-order chi connectivity index (χ1) is 8.63. The smallest absolute Gasteiger partial charge is 0.225 e. The quantitative estimate of drug-likeness (QED) is 0.875. The normalized spacial score (nSPS) is 10.6. The van der Waals surface area contributed by atoms with Crippen molar-refractivity contribution in [1.82, 2.24) is 14.8 Å². The summed E-state index contributed by atoms with van der Waals surface area (Å²) in [5, 5.41) is 7.82. The Labute approximate surface area is 116 Å². The van der Waals surface area contributed by atoms with E-state index in [-0.39, 0.29) is 0 Å². The highest BCUT2D eigenvalue weighted by Gasteiger charge is 2.11. The highest BCUT2D eigenvalue weighted by atomic mass is 35.5. The molecule has 0 bridgehead atoms. The number of aromatic nitrogens is 3. The average Bonchev–Trinajstić information content (AvgIpc) is 2.73. The van der Waals surface area contributed by atoms with Gasteiger partial charge in [0.1, 0.15) is 0 Å². The van der Waals surface area contributed by atoms with E-state index in [1.165, 1.54) is 0 Å². The molecule has 0 unspecified atom stereocenters. The molecule has 0 radical (unpaired) electrons. The maximum absolute atomic E-state index is 6.15. The maximum Gasteiger partial charge on any atom is 0.225 e. The zero-order valence-electron chi connectivity index (χ0n) is 10.4. The van der Waals surface area contributed by atoms with Crippen LogP contribution in [0, 0.1) is 4.77 Å². The summed E-state index contributed by atoms with van der Waals surface area (Å²) in [5.41, 5.74) is 1.07. The first-order valence-corrected chi connectivity index (χ1v) is 6.52. The molecular formula is C12H15ClN4S. The van der Waals surface area contributed by atoms with Gasteiger partial charge < -0.3 is 4.90 Å². The van der Waals surface area contributed by atoms with E-state index in [9.17, 15) is 0 Å². The molecule has 0 atom stereocenters. The molecule has 1 N–H and O–H groups in total. The molecule has 0 saturated carbocycles. The standard InChI is InChI=1S/C12H15ClN4S/c1-3-17-11(14-15-12(17)18)16(2)8-9-6-4-5-7-10(9)13/h4-7H,3,8H2,1-2H3,(H,15,18). The second-order valence-electron chi connectivity index (χ2n) is 4.02. The number of hydrogen-bond donors (Lipinski definition) is 1. The minimum absolute atomic E-state index is 0.638. The molecule has 0 fully saturated rings. The van der Waals surface area contributed by atoms with E-state index in [1.807, 2.05) is 47.7 Å². The number of benzene rings is 1. The van der Waals surface area contributed by atoms with Gasteiger partial charge in [0.2, 0.25) is 5.95 Å². The number of anilines is 1.